The largest absolute Gasteiger partial charge is 0.259 e. The first-order chi connectivity index (χ1) is 5.83. The molecule has 1 aliphatic rings. The molecule has 2 heteroatoms. The maximum absolute atomic E-state index is 11.7. The maximum atomic E-state index is 11.7. The molecule has 0 aromatic rings. The van der Waals surface area contributed by atoms with Crippen LogP contribution >= 0.6 is 0 Å². The first-order valence-corrected chi connectivity index (χ1v) is 6.09. The molecule has 0 saturated carbocycles. The maximum Gasteiger partial charge on any atom is 0.0851 e. The molecular formula is C11H18OS. The molecule has 1 nitrogen and oxygen atoms in total. The summed E-state index contributed by atoms with van der Waals surface area (Å²) in [5, 5.41) is 0. The van der Waals surface area contributed by atoms with E-state index in [0.29, 0.717) is 0 Å². The van der Waals surface area contributed by atoms with Gasteiger partial charge in [0.2, 0.25) is 0 Å². The molecule has 74 valence electrons. The Morgan fingerprint density at radius 1 is 1.00 bits per heavy atom. The van der Waals surface area contributed by atoms with E-state index in [-0.39, 0.29) is 4.75 Å². The molecule has 0 aliphatic heterocycles. The highest BCUT2D eigenvalue weighted by Crippen LogP contribution is 2.42. The van der Waals surface area contributed by atoms with Gasteiger partial charge in [-0.25, -0.2) is 0 Å². The van der Waals surface area contributed by atoms with Crippen LogP contribution < -0.4 is 0 Å². The van der Waals surface area contributed by atoms with E-state index in [4.69, 9.17) is 0 Å². The van der Waals surface area contributed by atoms with Gasteiger partial charge in [0.25, 0.3) is 0 Å². The van der Waals surface area contributed by atoms with Gasteiger partial charge in [0.1, 0.15) is 0 Å². The van der Waals surface area contributed by atoms with Crippen molar-refractivity contribution in [2.45, 2.75) is 39.4 Å². The number of allylic oxidation sites excluding steroid dienone is 2. The van der Waals surface area contributed by atoms with Crippen LogP contribution in [0.25, 0.3) is 0 Å². The highest BCUT2D eigenvalue weighted by molar-refractivity contribution is 7.86. The second-order valence-corrected chi connectivity index (χ2v) is 5.71. The summed E-state index contributed by atoms with van der Waals surface area (Å²) >= 11 is 0. The van der Waals surface area contributed by atoms with E-state index < -0.39 is 10.8 Å². The Bertz CT molecular complexity index is 310. The summed E-state index contributed by atoms with van der Waals surface area (Å²) in [6.45, 7) is 10.5. The predicted octanol–water partition coefficient (Wildman–Crippen LogP) is 2.81. The van der Waals surface area contributed by atoms with E-state index in [2.05, 4.69) is 34.6 Å². The monoisotopic (exact) mass is 198 g/mol. The molecule has 0 radical (unpaired) electrons. The van der Waals surface area contributed by atoms with Gasteiger partial charge < -0.3 is 0 Å². The van der Waals surface area contributed by atoms with Crippen molar-refractivity contribution in [3.05, 3.63) is 22.3 Å². The minimum absolute atomic E-state index is 0.214. The van der Waals surface area contributed by atoms with Crippen molar-refractivity contribution in [2.24, 2.45) is 0 Å². The second-order valence-electron chi connectivity index (χ2n) is 3.99. The summed E-state index contributed by atoms with van der Waals surface area (Å²) in [5.74, 6) is 0. The van der Waals surface area contributed by atoms with E-state index in [0.717, 1.165) is 0 Å². The van der Waals surface area contributed by atoms with E-state index in [1.54, 1.807) is 6.26 Å². The van der Waals surface area contributed by atoms with Gasteiger partial charge in [-0.3, -0.25) is 4.21 Å². The molecule has 0 fully saturated rings. The summed E-state index contributed by atoms with van der Waals surface area (Å²) in [6, 6.07) is 0. The normalized spacial score (nSPS) is 24.2. The smallest absolute Gasteiger partial charge is 0.0851 e. The first kappa shape index (κ1) is 10.7. The van der Waals surface area contributed by atoms with Gasteiger partial charge in [0.15, 0.2) is 0 Å². The van der Waals surface area contributed by atoms with Gasteiger partial charge in [-0.2, -0.15) is 0 Å². The fourth-order valence-corrected chi connectivity index (χ4v) is 3.16. The number of hydrogen-bond donors (Lipinski definition) is 0. The van der Waals surface area contributed by atoms with E-state index in [1.807, 2.05) is 0 Å². The summed E-state index contributed by atoms with van der Waals surface area (Å²) in [7, 11) is -0.824. The molecule has 1 unspecified atom stereocenters. The highest BCUT2D eigenvalue weighted by atomic mass is 32.2. The van der Waals surface area contributed by atoms with Crippen LogP contribution in [0.15, 0.2) is 22.3 Å². The molecule has 1 rings (SSSR count). The molecule has 1 aliphatic carbocycles. The van der Waals surface area contributed by atoms with E-state index in [1.165, 1.54) is 22.3 Å². The Morgan fingerprint density at radius 3 is 1.46 bits per heavy atom. The van der Waals surface area contributed by atoms with Crippen LogP contribution in [0.5, 0.6) is 0 Å². The van der Waals surface area contributed by atoms with Crippen molar-refractivity contribution in [1.82, 2.24) is 0 Å². The average molecular weight is 198 g/mol. The van der Waals surface area contributed by atoms with Crippen molar-refractivity contribution in [2.75, 3.05) is 6.26 Å². The zero-order valence-electron chi connectivity index (χ0n) is 9.32. The molecule has 0 amide bonds. The van der Waals surface area contributed by atoms with Gasteiger partial charge in [-0.1, -0.05) is 0 Å². The van der Waals surface area contributed by atoms with Crippen molar-refractivity contribution in [3.8, 4) is 0 Å². The lowest BCUT2D eigenvalue weighted by molar-refractivity contribution is 0.667. The summed E-state index contributed by atoms with van der Waals surface area (Å²) in [4.78, 5) is 0. The van der Waals surface area contributed by atoms with Crippen molar-refractivity contribution in [3.63, 3.8) is 0 Å². The Balaban J connectivity index is 3.39. The Kier molecular flexibility index (Phi) is 2.54. The molecule has 1 atom stereocenters. The predicted molar refractivity (Wildman–Crippen MR) is 59.2 cm³/mol. The van der Waals surface area contributed by atoms with Gasteiger partial charge >= 0.3 is 0 Å². The van der Waals surface area contributed by atoms with Crippen LogP contribution in [0, 0.1) is 0 Å². The lowest BCUT2D eigenvalue weighted by atomic mass is 9.98. The third-order valence-corrected chi connectivity index (χ3v) is 5.46. The third kappa shape index (κ3) is 1.23. The summed E-state index contributed by atoms with van der Waals surface area (Å²) in [5.41, 5.74) is 5.16. The SMILES string of the molecule is CC1=C(C)C(C)(S(C)=O)C(C)=C1C. The van der Waals surface area contributed by atoms with Gasteiger partial charge in [0, 0.05) is 17.1 Å². The van der Waals surface area contributed by atoms with Crippen molar-refractivity contribution >= 4 is 10.8 Å². The standard InChI is InChI=1S/C11H18OS/c1-7-8(2)10(4)11(5,9(7)3)13(6)12/h1-6H3. The Hall–Kier alpha value is -0.370. The summed E-state index contributed by atoms with van der Waals surface area (Å²) < 4.78 is 11.5. The molecular weight excluding hydrogens is 180 g/mol. The molecule has 0 heterocycles. The van der Waals surface area contributed by atoms with Crippen LogP contribution in [0.4, 0.5) is 0 Å². The van der Waals surface area contributed by atoms with Crippen LogP contribution in [0.3, 0.4) is 0 Å². The van der Waals surface area contributed by atoms with Crippen molar-refractivity contribution < 1.29 is 4.21 Å². The zero-order chi connectivity index (χ0) is 10.4. The molecule has 0 N–H and O–H groups in total. The Labute approximate surface area is 83.4 Å². The van der Waals surface area contributed by atoms with Crippen molar-refractivity contribution in [1.29, 1.82) is 0 Å². The van der Waals surface area contributed by atoms with E-state index >= 15 is 0 Å². The highest BCUT2D eigenvalue weighted by Gasteiger charge is 2.39. The van der Waals surface area contributed by atoms with Crippen LogP contribution in [-0.4, -0.2) is 15.2 Å². The molecule has 0 spiro atoms. The topological polar surface area (TPSA) is 17.1 Å². The minimum Gasteiger partial charge on any atom is -0.259 e. The molecule has 13 heavy (non-hydrogen) atoms. The van der Waals surface area contributed by atoms with Crippen LogP contribution in [0.1, 0.15) is 34.6 Å². The van der Waals surface area contributed by atoms with Crippen LogP contribution in [-0.2, 0) is 10.8 Å². The van der Waals surface area contributed by atoms with Gasteiger partial charge in [0.05, 0.1) is 4.75 Å². The van der Waals surface area contributed by atoms with Gasteiger partial charge in [-0.05, 0) is 56.9 Å². The fourth-order valence-electron chi connectivity index (χ4n) is 1.99. The molecule has 0 aromatic carbocycles. The first-order valence-electron chi connectivity index (χ1n) is 4.53. The number of rotatable bonds is 1. The lowest BCUT2D eigenvalue weighted by Crippen LogP contribution is -2.31. The molecule has 0 saturated heterocycles. The quantitative estimate of drug-likeness (QED) is 0.633. The fraction of sp³-hybridized carbons (Fsp3) is 0.636. The Morgan fingerprint density at radius 2 is 1.31 bits per heavy atom. The lowest BCUT2D eigenvalue weighted by Gasteiger charge is -2.26. The average Bonchev–Trinajstić information content (AvgIpc) is 2.22. The summed E-state index contributed by atoms with van der Waals surface area (Å²) in [6.07, 6.45) is 1.79. The van der Waals surface area contributed by atoms with Gasteiger partial charge in [-0.15, -0.1) is 0 Å². The third-order valence-electron chi connectivity index (χ3n) is 3.69. The second kappa shape index (κ2) is 3.09. The molecule has 0 bridgehead atoms. The van der Waals surface area contributed by atoms with E-state index in [9.17, 15) is 4.21 Å². The number of hydrogen-bond acceptors (Lipinski definition) is 1. The minimum atomic E-state index is -0.824. The van der Waals surface area contributed by atoms with Crippen LogP contribution in [0.2, 0.25) is 0 Å². The molecule has 0 aromatic heterocycles. The zero-order valence-corrected chi connectivity index (χ0v) is 10.1.